The third-order valence-corrected chi connectivity index (χ3v) is 4.20. The SMILES string of the molecule is CCCCc1cc(=O)oc2cc(OC(=O)CCNC(=O)OC(C)(C)C)c(Cl)cc12. The van der Waals surface area contributed by atoms with E-state index in [0.29, 0.717) is 5.58 Å². The van der Waals surface area contributed by atoms with Crippen molar-refractivity contribution >= 4 is 34.6 Å². The first kappa shape index (κ1) is 22.7. The molecule has 0 fully saturated rings. The lowest BCUT2D eigenvalue weighted by molar-refractivity contribution is -0.134. The van der Waals surface area contributed by atoms with Gasteiger partial charge in [-0.3, -0.25) is 4.79 Å². The number of esters is 1. The average molecular weight is 424 g/mol. The number of rotatable bonds is 7. The number of ether oxygens (including phenoxy) is 2. The minimum atomic E-state index is -0.622. The topological polar surface area (TPSA) is 94.8 Å². The number of halogens is 1. The van der Waals surface area contributed by atoms with Crippen LogP contribution in [0.5, 0.6) is 5.75 Å². The highest BCUT2D eigenvalue weighted by molar-refractivity contribution is 6.33. The van der Waals surface area contributed by atoms with Gasteiger partial charge in [-0.1, -0.05) is 24.9 Å². The summed E-state index contributed by atoms with van der Waals surface area (Å²) in [6.45, 7) is 7.35. The number of nitrogens with one attached hydrogen (secondary N) is 1. The molecule has 0 radical (unpaired) electrons. The molecule has 2 rings (SSSR count). The fourth-order valence-electron chi connectivity index (χ4n) is 2.63. The molecule has 0 aliphatic rings. The zero-order valence-electron chi connectivity index (χ0n) is 17.1. The van der Waals surface area contributed by atoms with Gasteiger partial charge in [0, 0.05) is 24.1 Å². The molecule has 0 aliphatic heterocycles. The summed E-state index contributed by atoms with van der Waals surface area (Å²) in [6, 6.07) is 4.53. The number of aryl methyl sites for hydroxylation is 1. The predicted octanol–water partition coefficient (Wildman–Crippen LogP) is 4.61. The standard InChI is InChI=1S/C21H26ClNO6/c1-5-6-7-13-10-19(25)27-16-12-17(15(22)11-14(13)16)28-18(24)8-9-23-20(26)29-21(2,3)4/h10-12H,5-9H2,1-4H3,(H,23,26). The number of hydrogen-bond donors (Lipinski definition) is 1. The summed E-state index contributed by atoms with van der Waals surface area (Å²) in [5, 5.41) is 3.43. The molecule has 0 spiro atoms. The lowest BCUT2D eigenvalue weighted by Crippen LogP contribution is -2.34. The van der Waals surface area contributed by atoms with Crippen LogP contribution in [0.1, 0.15) is 52.5 Å². The van der Waals surface area contributed by atoms with Gasteiger partial charge >= 0.3 is 17.7 Å². The van der Waals surface area contributed by atoms with Crippen molar-refractivity contribution in [2.45, 2.75) is 59.0 Å². The number of hydrogen-bond acceptors (Lipinski definition) is 6. The van der Waals surface area contributed by atoms with E-state index in [2.05, 4.69) is 12.2 Å². The van der Waals surface area contributed by atoms with Gasteiger partial charge in [0.1, 0.15) is 11.2 Å². The summed E-state index contributed by atoms with van der Waals surface area (Å²) in [7, 11) is 0. The zero-order chi connectivity index (χ0) is 21.6. The third-order valence-electron chi connectivity index (χ3n) is 3.90. The van der Waals surface area contributed by atoms with Crippen LogP contribution in [0.2, 0.25) is 5.02 Å². The molecular weight excluding hydrogens is 398 g/mol. The highest BCUT2D eigenvalue weighted by atomic mass is 35.5. The van der Waals surface area contributed by atoms with E-state index in [4.69, 9.17) is 25.5 Å². The number of amides is 1. The van der Waals surface area contributed by atoms with Gasteiger partial charge in [-0.05, 0) is 45.2 Å². The molecule has 1 amide bonds. The Morgan fingerprint density at radius 2 is 1.93 bits per heavy atom. The number of unbranched alkanes of at least 4 members (excludes halogenated alkanes) is 1. The van der Waals surface area contributed by atoms with Crippen molar-refractivity contribution in [2.75, 3.05) is 6.54 Å². The Balaban J connectivity index is 2.06. The first-order chi connectivity index (χ1) is 13.6. The Kier molecular flexibility index (Phi) is 7.67. The van der Waals surface area contributed by atoms with Gasteiger partial charge in [-0.15, -0.1) is 0 Å². The first-order valence-corrected chi connectivity index (χ1v) is 9.90. The van der Waals surface area contributed by atoms with Gasteiger partial charge in [0.25, 0.3) is 0 Å². The summed E-state index contributed by atoms with van der Waals surface area (Å²) in [6.07, 6.45) is 1.95. The van der Waals surface area contributed by atoms with Crippen molar-refractivity contribution in [3.63, 3.8) is 0 Å². The molecule has 0 bridgehead atoms. The number of benzene rings is 1. The third kappa shape index (κ3) is 7.09. The quantitative estimate of drug-likeness (QED) is 0.397. The van der Waals surface area contributed by atoms with Crippen LogP contribution in [0.4, 0.5) is 4.79 Å². The van der Waals surface area contributed by atoms with Gasteiger partial charge < -0.3 is 19.2 Å². The molecule has 1 aromatic heterocycles. The van der Waals surface area contributed by atoms with Crippen molar-refractivity contribution in [1.29, 1.82) is 0 Å². The number of carbonyl (C=O) groups excluding carboxylic acids is 2. The Morgan fingerprint density at radius 1 is 1.21 bits per heavy atom. The second-order valence-electron chi connectivity index (χ2n) is 7.63. The van der Waals surface area contributed by atoms with E-state index in [1.807, 2.05) is 0 Å². The van der Waals surface area contributed by atoms with Gasteiger partial charge in [-0.25, -0.2) is 9.59 Å². The van der Waals surface area contributed by atoms with Crippen LogP contribution in [-0.2, 0) is 16.0 Å². The van der Waals surface area contributed by atoms with Crippen molar-refractivity contribution in [3.05, 3.63) is 39.2 Å². The maximum atomic E-state index is 12.1. The van der Waals surface area contributed by atoms with Crippen LogP contribution < -0.4 is 15.7 Å². The highest BCUT2D eigenvalue weighted by Crippen LogP contribution is 2.32. The van der Waals surface area contributed by atoms with Gasteiger partial charge in [0.05, 0.1) is 11.4 Å². The van der Waals surface area contributed by atoms with Gasteiger partial charge in [0.2, 0.25) is 0 Å². The molecule has 7 nitrogen and oxygen atoms in total. The molecular formula is C21H26ClNO6. The van der Waals surface area contributed by atoms with Crippen LogP contribution in [0, 0.1) is 0 Å². The number of carbonyl (C=O) groups is 2. The van der Waals surface area contributed by atoms with Gasteiger partial charge in [-0.2, -0.15) is 0 Å². The lowest BCUT2D eigenvalue weighted by atomic mass is 10.0. The van der Waals surface area contributed by atoms with Crippen LogP contribution in [0.3, 0.4) is 0 Å². The van der Waals surface area contributed by atoms with E-state index in [-0.39, 0.29) is 23.7 Å². The molecule has 158 valence electrons. The Bertz CT molecular complexity index is 945. The summed E-state index contributed by atoms with van der Waals surface area (Å²) < 4.78 is 15.6. The molecule has 0 saturated heterocycles. The Morgan fingerprint density at radius 3 is 2.59 bits per heavy atom. The minimum absolute atomic E-state index is 0.0508. The minimum Gasteiger partial charge on any atom is -0.444 e. The van der Waals surface area contributed by atoms with E-state index < -0.39 is 23.3 Å². The lowest BCUT2D eigenvalue weighted by Gasteiger charge is -2.19. The van der Waals surface area contributed by atoms with Gasteiger partial charge in [0.15, 0.2) is 5.75 Å². The largest absolute Gasteiger partial charge is 0.444 e. The fraction of sp³-hybridized carbons (Fsp3) is 0.476. The monoisotopic (exact) mass is 423 g/mol. The summed E-state index contributed by atoms with van der Waals surface area (Å²) in [4.78, 5) is 35.5. The fourth-order valence-corrected chi connectivity index (χ4v) is 2.84. The Hall–Kier alpha value is -2.54. The second-order valence-corrected chi connectivity index (χ2v) is 8.03. The van der Waals surface area contributed by atoms with Crippen LogP contribution in [-0.4, -0.2) is 24.2 Å². The molecule has 0 atom stereocenters. The first-order valence-electron chi connectivity index (χ1n) is 9.53. The van der Waals surface area contributed by atoms with Crippen molar-refractivity contribution < 1.29 is 23.5 Å². The highest BCUT2D eigenvalue weighted by Gasteiger charge is 2.17. The average Bonchev–Trinajstić information content (AvgIpc) is 2.59. The molecule has 29 heavy (non-hydrogen) atoms. The van der Waals surface area contributed by atoms with Crippen LogP contribution in [0.15, 0.2) is 27.4 Å². The molecule has 1 N–H and O–H groups in total. The van der Waals surface area contributed by atoms with Crippen LogP contribution >= 0.6 is 11.6 Å². The predicted molar refractivity (Wildman–Crippen MR) is 111 cm³/mol. The van der Waals surface area contributed by atoms with E-state index in [9.17, 15) is 14.4 Å². The molecule has 0 aliphatic carbocycles. The van der Waals surface area contributed by atoms with Crippen molar-refractivity contribution in [3.8, 4) is 5.75 Å². The second kappa shape index (κ2) is 9.78. The molecule has 1 aromatic carbocycles. The normalized spacial score (nSPS) is 11.3. The van der Waals surface area contributed by atoms with E-state index in [1.54, 1.807) is 26.8 Å². The number of fused-ring (bicyclic) bond motifs is 1. The maximum absolute atomic E-state index is 12.1. The molecule has 2 aromatic rings. The molecule has 0 saturated carbocycles. The maximum Gasteiger partial charge on any atom is 0.407 e. The smallest absolute Gasteiger partial charge is 0.407 e. The molecule has 0 unspecified atom stereocenters. The summed E-state index contributed by atoms with van der Waals surface area (Å²) >= 11 is 6.26. The Labute approximate surface area is 174 Å². The van der Waals surface area contributed by atoms with E-state index in [0.717, 1.165) is 30.2 Å². The van der Waals surface area contributed by atoms with Crippen molar-refractivity contribution in [2.24, 2.45) is 0 Å². The zero-order valence-corrected chi connectivity index (χ0v) is 17.9. The summed E-state index contributed by atoms with van der Waals surface area (Å²) in [5.41, 5.74) is 0.0650. The molecule has 8 heteroatoms. The van der Waals surface area contributed by atoms with Crippen LogP contribution in [0.25, 0.3) is 11.0 Å². The van der Waals surface area contributed by atoms with E-state index >= 15 is 0 Å². The van der Waals surface area contributed by atoms with E-state index in [1.165, 1.54) is 12.1 Å². The molecule has 1 heterocycles. The number of alkyl carbamates (subject to hydrolysis) is 1. The van der Waals surface area contributed by atoms with Crippen molar-refractivity contribution in [1.82, 2.24) is 5.32 Å². The summed E-state index contributed by atoms with van der Waals surface area (Å²) in [5.74, 6) is -0.496.